The minimum Gasteiger partial charge on any atom is -0.478 e. The van der Waals surface area contributed by atoms with Crippen LogP contribution in [-0.4, -0.2) is 42.2 Å². The number of benzene rings is 1. The summed E-state index contributed by atoms with van der Waals surface area (Å²) in [5.74, 6) is 0.430. The molecule has 0 aliphatic heterocycles. The van der Waals surface area contributed by atoms with Crippen LogP contribution >= 0.6 is 0 Å². The quantitative estimate of drug-likeness (QED) is 0.918. The van der Waals surface area contributed by atoms with Crippen LogP contribution in [0.2, 0.25) is 0 Å². The highest BCUT2D eigenvalue weighted by atomic mass is 16.4. The highest BCUT2D eigenvalue weighted by Crippen LogP contribution is 2.22. The van der Waals surface area contributed by atoms with Crippen molar-refractivity contribution in [3.63, 3.8) is 0 Å². The molecule has 104 valence electrons. The van der Waals surface area contributed by atoms with Gasteiger partial charge >= 0.3 is 5.97 Å². The van der Waals surface area contributed by atoms with Crippen LogP contribution in [0.3, 0.4) is 0 Å². The van der Waals surface area contributed by atoms with Crippen molar-refractivity contribution in [1.29, 1.82) is 0 Å². The zero-order valence-electron chi connectivity index (χ0n) is 11.6. The molecule has 6 heteroatoms. The van der Waals surface area contributed by atoms with Crippen LogP contribution in [0.15, 0.2) is 36.5 Å². The largest absolute Gasteiger partial charge is 0.478 e. The maximum absolute atomic E-state index is 10.8. The summed E-state index contributed by atoms with van der Waals surface area (Å²) in [6.45, 7) is 0. The third-order valence-corrected chi connectivity index (χ3v) is 2.87. The number of anilines is 3. The maximum Gasteiger partial charge on any atom is 0.335 e. The van der Waals surface area contributed by atoms with Gasteiger partial charge in [-0.1, -0.05) is 0 Å². The topological polar surface area (TPSA) is 69.6 Å². The van der Waals surface area contributed by atoms with E-state index in [2.05, 4.69) is 9.97 Å². The molecule has 2 aromatic rings. The van der Waals surface area contributed by atoms with Crippen molar-refractivity contribution in [3.8, 4) is 0 Å². The van der Waals surface area contributed by atoms with E-state index >= 15 is 0 Å². The molecule has 0 atom stereocenters. The molecule has 0 radical (unpaired) electrons. The molecule has 0 spiro atoms. The molecule has 0 unspecified atom stereocenters. The number of carboxylic acid groups (broad SMARTS) is 1. The lowest BCUT2D eigenvalue weighted by Crippen LogP contribution is -2.16. The molecule has 1 heterocycles. The van der Waals surface area contributed by atoms with Gasteiger partial charge in [-0.25, -0.2) is 9.78 Å². The molecule has 1 aromatic carbocycles. The Balaban J connectivity index is 2.28. The summed E-state index contributed by atoms with van der Waals surface area (Å²) in [4.78, 5) is 23.1. The SMILES string of the molecule is CN(C)c1nccc(N(C)c2ccc(C(=O)O)cc2)n1. The molecule has 0 saturated heterocycles. The molecule has 0 amide bonds. The van der Waals surface area contributed by atoms with Crippen LogP contribution in [0.4, 0.5) is 17.5 Å². The normalized spacial score (nSPS) is 10.2. The minimum atomic E-state index is -0.934. The van der Waals surface area contributed by atoms with Gasteiger partial charge in [-0.2, -0.15) is 4.98 Å². The van der Waals surface area contributed by atoms with Gasteiger partial charge in [0.15, 0.2) is 0 Å². The van der Waals surface area contributed by atoms with E-state index in [1.165, 1.54) is 0 Å². The third-order valence-electron chi connectivity index (χ3n) is 2.87. The number of aromatic nitrogens is 2. The van der Waals surface area contributed by atoms with E-state index in [0.717, 1.165) is 11.5 Å². The van der Waals surface area contributed by atoms with Crippen molar-refractivity contribution in [2.24, 2.45) is 0 Å². The zero-order valence-corrected chi connectivity index (χ0v) is 11.6. The lowest BCUT2D eigenvalue weighted by molar-refractivity contribution is 0.0697. The number of carbonyl (C=O) groups is 1. The molecule has 0 saturated carbocycles. The average molecular weight is 272 g/mol. The lowest BCUT2D eigenvalue weighted by Gasteiger charge is -2.20. The number of carboxylic acids is 1. The fourth-order valence-corrected chi connectivity index (χ4v) is 1.70. The first-order valence-electron chi connectivity index (χ1n) is 6.06. The monoisotopic (exact) mass is 272 g/mol. The van der Waals surface area contributed by atoms with Gasteiger partial charge in [0, 0.05) is 33.0 Å². The number of hydrogen-bond acceptors (Lipinski definition) is 5. The van der Waals surface area contributed by atoms with Crippen molar-refractivity contribution in [1.82, 2.24) is 9.97 Å². The van der Waals surface area contributed by atoms with E-state index in [9.17, 15) is 4.79 Å². The number of nitrogens with zero attached hydrogens (tertiary/aromatic N) is 4. The van der Waals surface area contributed by atoms with Gasteiger partial charge in [-0.05, 0) is 30.3 Å². The molecular formula is C14H16N4O2. The average Bonchev–Trinajstić information content (AvgIpc) is 2.46. The molecule has 0 bridgehead atoms. The Morgan fingerprint density at radius 3 is 2.30 bits per heavy atom. The molecule has 0 aliphatic carbocycles. The second-order valence-electron chi connectivity index (χ2n) is 4.52. The Morgan fingerprint density at radius 2 is 1.75 bits per heavy atom. The fourth-order valence-electron chi connectivity index (χ4n) is 1.70. The first-order chi connectivity index (χ1) is 9.49. The molecule has 6 nitrogen and oxygen atoms in total. The molecular weight excluding hydrogens is 256 g/mol. The van der Waals surface area contributed by atoms with Crippen molar-refractivity contribution < 1.29 is 9.90 Å². The van der Waals surface area contributed by atoms with Gasteiger partial charge < -0.3 is 14.9 Å². The lowest BCUT2D eigenvalue weighted by atomic mass is 10.2. The van der Waals surface area contributed by atoms with Gasteiger partial charge in [0.2, 0.25) is 5.95 Å². The summed E-state index contributed by atoms with van der Waals surface area (Å²) in [5, 5.41) is 8.89. The number of rotatable bonds is 4. The van der Waals surface area contributed by atoms with Crippen molar-refractivity contribution >= 4 is 23.4 Å². The highest BCUT2D eigenvalue weighted by molar-refractivity contribution is 5.88. The van der Waals surface area contributed by atoms with Gasteiger partial charge in [-0.3, -0.25) is 0 Å². The summed E-state index contributed by atoms with van der Waals surface area (Å²) < 4.78 is 0. The molecule has 1 aromatic heterocycles. The van der Waals surface area contributed by atoms with Gasteiger partial charge in [0.1, 0.15) is 5.82 Å². The van der Waals surface area contributed by atoms with Crippen LogP contribution in [0, 0.1) is 0 Å². The number of hydrogen-bond donors (Lipinski definition) is 1. The first-order valence-corrected chi connectivity index (χ1v) is 6.06. The van der Waals surface area contributed by atoms with E-state index in [0.29, 0.717) is 5.95 Å². The van der Waals surface area contributed by atoms with Crippen LogP contribution < -0.4 is 9.80 Å². The smallest absolute Gasteiger partial charge is 0.335 e. The van der Waals surface area contributed by atoms with Crippen LogP contribution in [0.1, 0.15) is 10.4 Å². The molecule has 1 N–H and O–H groups in total. The van der Waals surface area contributed by atoms with Crippen LogP contribution in [0.5, 0.6) is 0 Å². The summed E-state index contributed by atoms with van der Waals surface area (Å²) >= 11 is 0. The summed E-state index contributed by atoms with van der Waals surface area (Å²) in [5.41, 5.74) is 1.12. The predicted octanol–water partition coefficient (Wildman–Crippen LogP) is 2.01. The summed E-state index contributed by atoms with van der Waals surface area (Å²) in [6.07, 6.45) is 1.69. The van der Waals surface area contributed by atoms with Crippen molar-refractivity contribution in [3.05, 3.63) is 42.1 Å². The second kappa shape index (κ2) is 5.56. The highest BCUT2D eigenvalue weighted by Gasteiger charge is 2.09. The zero-order chi connectivity index (χ0) is 14.7. The van der Waals surface area contributed by atoms with E-state index in [4.69, 9.17) is 5.11 Å². The Hall–Kier alpha value is -2.63. The molecule has 20 heavy (non-hydrogen) atoms. The standard InChI is InChI=1S/C14H16N4O2/c1-17(2)14-15-9-8-12(16-14)18(3)11-6-4-10(5-7-11)13(19)20/h4-9H,1-3H3,(H,19,20). The van der Waals surface area contributed by atoms with Crippen LogP contribution in [-0.2, 0) is 0 Å². The second-order valence-corrected chi connectivity index (χ2v) is 4.52. The minimum absolute atomic E-state index is 0.263. The Labute approximate surface area is 117 Å². The Morgan fingerprint density at radius 1 is 1.10 bits per heavy atom. The molecule has 0 fully saturated rings. The number of aromatic carboxylic acids is 1. The van der Waals surface area contributed by atoms with E-state index < -0.39 is 5.97 Å². The molecule has 2 rings (SSSR count). The predicted molar refractivity (Wildman–Crippen MR) is 77.8 cm³/mol. The third kappa shape index (κ3) is 2.85. The molecule has 0 aliphatic rings. The van der Waals surface area contributed by atoms with E-state index in [1.54, 1.807) is 36.5 Å². The fraction of sp³-hybridized carbons (Fsp3) is 0.214. The van der Waals surface area contributed by atoms with Gasteiger partial charge in [0.25, 0.3) is 0 Å². The van der Waals surface area contributed by atoms with Gasteiger partial charge in [-0.15, -0.1) is 0 Å². The van der Waals surface area contributed by atoms with Crippen LogP contribution in [0.25, 0.3) is 0 Å². The van der Waals surface area contributed by atoms with Gasteiger partial charge in [0.05, 0.1) is 5.56 Å². The van der Waals surface area contributed by atoms with E-state index in [-0.39, 0.29) is 5.56 Å². The Kier molecular flexibility index (Phi) is 3.84. The first kappa shape index (κ1) is 13.8. The van der Waals surface area contributed by atoms with Crippen molar-refractivity contribution in [2.45, 2.75) is 0 Å². The maximum atomic E-state index is 10.8. The Bertz CT molecular complexity index is 611. The summed E-state index contributed by atoms with van der Waals surface area (Å²) in [7, 11) is 5.62. The van der Waals surface area contributed by atoms with Crippen molar-refractivity contribution in [2.75, 3.05) is 30.9 Å². The summed E-state index contributed by atoms with van der Waals surface area (Å²) in [6, 6.07) is 8.45. The van der Waals surface area contributed by atoms with E-state index in [1.807, 2.05) is 30.9 Å².